The molecule has 1 atom stereocenters. The first-order valence-corrected chi connectivity index (χ1v) is 6.14. The third-order valence-corrected chi connectivity index (χ3v) is 2.81. The van der Waals surface area contributed by atoms with Crippen LogP contribution >= 0.6 is 0 Å². The van der Waals surface area contributed by atoms with Crippen molar-refractivity contribution in [3.63, 3.8) is 0 Å². The number of carbonyl (C=O) groups excluding carboxylic acids is 1. The molecule has 0 saturated carbocycles. The SMILES string of the molecule is CC(CCO)CNC(=O)Cc1ccccc1[N+](=O)[O-]. The van der Waals surface area contributed by atoms with E-state index in [1.165, 1.54) is 6.07 Å². The molecule has 0 radical (unpaired) electrons. The quantitative estimate of drug-likeness (QED) is 0.574. The van der Waals surface area contributed by atoms with Crippen molar-refractivity contribution < 1.29 is 14.8 Å². The van der Waals surface area contributed by atoms with Crippen molar-refractivity contribution in [1.82, 2.24) is 5.32 Å². The van der Waals surface area contributed by atoms with Gasteiger partial charge < -0.3 is 10.4 Å². The Hall–Kier alpha value is -1.95. The molecule has 19 heavy (non-hydrogen) atoms. The first-order valence-electron chi connectivity index (χ1n) is 6.14. The summed E-state index contributed by atoms with van der Waals surface area (Å²) in [4.78, 5) is 22.0. The fourth-order valence-electron chi connectivity index (χ4n) is 1.68. The molecule has 1 unspecified atom stereocenters. The minimum absolute atomic E-state index is 0.0109. The van der Waals surface area contributed by atoms with E-state index in [1.54, 1.807) is 18.2 Å². The molecule has 1 aromatic rings. The van der Waals surface area contributed by atoms with Crippen LogP contribution in [0.25, 0.3) is 0 Å². The molecule has 2 N–H and O–H groups in total. The number of amides is 1. The van der Waals surface area contributed by atoms with Crippen molar-refractivity contribution in [2.75, 3.05) is 13.2 Å². The van der Waals surface area contributed by atoms with Crippen molar-refractivity contribution >= 4 is 11.6 Å². The van der Waals surface area contributed by atoms with Gasteiger partial charge in [-0.3, -0.25) is 14.9 Å². The van der Waals surface area contributed by atoms with Crippen LogP contribution in [0.3, 0.4) is 0 Å². The molecule has 104 valence electrons. The number of nitrogens with zero attached hydrogens (tertiary/aromatic N) is 1. The molecule has 1 rings (SSSR count). The molecule has 0 aliphatic rings. The molecule has 6 heteroatoms. The number of hydrogen-bond acceptors (Lipinski definition) is 4. The molecule has 1 amide bonds. The van der Waals surface area contributed by atoms with E-state index in [0.29, 0.717) is 18.5 Å². The summed E-state index contributed by atoms with van der Waals surface area (Å²) in [7, 11) is 0. The predicted octanol–water partition coefficient (Wildman–Crippen LogP) is 1.27. The summed E-state index contributed by atoms with van der Waals surface area (Å²) in [5.74, 6) is -0.0706. The lowest BCUT2D eigenvalue weighted by molar-refractivity contribution is -0.385. The summed E-state index contributed by atoms with van der Waals surface area (Å²) in [6.07, 6.45) is 0.606. The first kappa shape index (κ1) is 15.1. The van der Waals surface area contributed by atoms with E-state index in [4.69, 9.17) is 5.11 Å². The molecule has 1 aromatic carbocycles. The molecule has 0 bridgehead atoms. The summed E-state index contributed by atoms with van der Waals surface area (Å²) in [6.45, 7) is 2.46. The molecule has 0 aliphatic carbocycles. The van der Waals surface area contributed by atoms with Crippen LogP contribution in [0, 0.1) is 16.0 Å². The molecular formula is C13H18N2O4. The van der Waals surface area contributed by atoms with Gasteiger partial charge in [0.05, 0.1) is 11.3 Å². The second-order valence-electron chi connectivity index (χ2n) is 4.48. The lowest BCUT2D eigenvalue weighted by Crippen LogP contribution is -2.30. The van der Waals surface area contributed by atoms with Gasteiger partial charge in [-0.2, -0.15) is 0 Å². The standard InChI is InChI=1S/C13H18N2O4/c1-10(6-7-16)9-14-13(17)8-11-4-2-3-5-12(11)15(18)19/h2-5,10,16H,6-9H2,1H3,(H,14,17). The van der Waals surface area contributed by atoms with Gasteiger partial charge in [-0.1, -0.05) is 25.1 Å². The van der Waals surface area contributed by atoms with Crippen molar-refractivity contribution in [2.45, 2.75) is 19.8 Å². The lowest BCUT2D eigenvalue weighted by Gasteiger charge is -2.11. The van der Waals surface area contributed by atoms with E-state index in [0.717, 1.165) is 0 Å². The molecular weight excluding hydrogens is 248 g/mol. The minimum atomic E-state index is -0.489. The van der Waals surface area contributed by atoms with E-state index in [9.17, 15) is 14.9 Å². The number of nitro groups is 1. The zero-order valence-corrected chi connectivity index (χ0v) is 10.8. The number of rotatable bonds is 7. The van der Waals surface area contributed by atoms with E-state index in [1.807, 2.05) is 6.92 Å². The number of para-hydroxylation sites is 1. The molecule has 6 nitrogen and oxygen atoms in total. The maximum atomic E-state index is 11.7. The average molecular weight is 266 g/mol. The van der Waals surface area contributed by atoms with Gasteiger partial charge in [0, 0.05) is 24.8 Å². The highest BCUT2D eigenvalue weighted by molar-refractivity contribution is 5.79. The average Bonchev–Trinajstić information content (AvgIpc) is 2.37. The maximum absolute atomic E-state index is 11.7. The van der Waals surface area contributed by atoms with Crippen LogP contribution in [0.15, 0.2) is 24.3 Å². The first-order chi connectivity index (χ1) is 9.04. The molecule has 0 aromatic heterocycles. The highest BCUT2D eigenvalue weighted by Gasteiger charge is 2.15. The number of aliphatic hydroxyl groups excluding tert-OH is 1. The normalized spacial score (nSPS) is 11.9. The van der Waals surface area contributed by atoms with Crippen LogP contribution in [0.2, 0.25) is 0 Å². The van der Waals surface area contributed by atoms with Gasteiger partial charge in [0.1, 0.15) is 0 Å². The highest BCUT2D eigenvalue weighted by Crippen LogP contribution is 2.17. The smallest absolute Gasteiger partial charge is 0.273 e. The van der Waals surface area contributed by atoms with Crippen LogP contribution < -0.4 is 5.32 Å². The van der Waals surface area contributed by atoms with E-state index in [-0.39, 0.29) is 30.5 Å². The molecule has 0 fully saturated rings. The fraction of sp³-hybridized carbons (Fsp3) is 0.462. The van der Waals surface area contributed by atoms with Crippen molar-refractivity contribution in [1.29, 1.82) is 0 Å². The van der Waals surface area contributed by atoms with Gasteiger partial charge in [0.15, 0.2) is 0 Å². The number of carbonyl (C=O) groups is 1. The Morgan fingerprint density at radius 2 is 2.16 bits per heavy atom. The number of aliphatic hydroxyl groups is 1. The van der Waals surface area contributed by atoms with Gasteiger partial charge in [-0.05, 0) is 12.3 Å². The Morgan fingerprint density at radius 1 is 1.47 bits per heavy atom. The van der Waals surface area contributed by atoms with Crippen molar-refractivity contribution in [3.8, 4) is 0 Å². The Balaban J connectivity index is 2.55. The van der Waals surface area contributed by atoms with Crippen LogP contribution in [-0.2, 0) is 11.2 Å². The van der Waals surface area contributed by atoms with Gasteiger partial charge in [0.25, 0.3) is 5.69 Å². The van der Waals surface area contributed by atoms with Crippen molar-refractivity contribution in [3.05, 3.63) is 39.9 Å². The summed E-state index contributed by atoms with van der Waals surface area (Å²) < 4.78 is 0. The second-order valence-corrected chi connectivity index (χ2v) is 4.48. The third kappa shape index (κ3) is 5.05. The van der Waals surface area contributed by atoms with Crippen LogP contribution in [0.5, 0.6) is 0 Å². The number of nitrogens with one attached hydrogen (secondary N) is 1. The minimum Gasteiger partial charge on any atom is -0.396 e. The van der Waals surface area contributed by atoms with Crippen LogP contribution in [-0.4, -0.2) is 29.1 Å². The topological polar surface area (TPSA) is 92.5 Å². The van der Waals surface area contributed by atoms with Crippen LogP contribution in [0.1, 0.15) is 18.9 Å². The van der Waals surface area contributed by atoms with Crippen molar-refractivity contribution in [2.24, 2.45) is 5.92 Å². The molecule has 0 aliphatic heterocycles. The van der Waals surface area contributed by atoms with E-state index >= 15 is 0 Å². The second kappa shape index (κ2) is 7.48. The predicted molar refractivity (Wildman–Crippen MR) is 70.7 cm³/mol. The zero-order valence-electron chi connectivity index (χ0n) is 10.8. The van der Waals surface area contributed by atoms with E-state index in [2.05, 4.69) is 5.32 Å². The van der Waals surface area contributed by atoms with E-state index < -0.39 is 4.92 Å². The van der Waals surface area contributed by atoms with Gasteiger partial charge in [-0.15, -0.1) is 0 Å². The summed E-state index contributed by atoms with van der Waals surface area (Å²) in [5.41, 5.74) is 0.362. The number of benzene rings is 1. The van der Waals surface area contributed by atoms with Gasteiger partial charge in [-0.25, -0.2) is 0 Å². The highest BCUT2D eigenvalue weighted by atomic mass is 16.6. The Morgan fingerprint density at radius 3 is 2.79 bits per heavy atom. The Bertz CT molecular complexity index is 448. The van der Waals surface area contributed by atoms with Gasteiger partial charge >= 0.3 is 0 Å². The molecule has 0 spiro atoms. The molecule has 0 heterocycles. The number of nitro benzene ring substituents is 1. The summed E-state index contributed by atoms with van der Waals surface area (Å²) in [5, 5.41) is 22.3. The zero-order chi connectivity index (χ0) is 14.3. The Kier molecular flexibility index (Phi) is 5.95. The maximum Gasteiger partial charge on any atom is 0.273 e. The summed E-state index contributed by atoms with van der Waals surface area (Å²) in [6, 6.07) is 6.21. The van der Waals surface area contributed by atoms with Crippen LogP contribution in [0.4, 0.5) is 5.69 Å². The summed E-state index contributed by atoms with van der Waals surface area (Å²) >= 11 is 0. The van der Waals surface area contributed by atoms with Gasteiger partial charge in [0.2, 0.25) is 5.91 Å². The third-order valence-electron chi connectivity index (χ3n) is 2.81. The lowest BCUT2D eigenvalue weighted by atomic mass is 10.1. The monoisotopic (exact) mass is 266 g/mol. The largest absolute Gasteiger partial charge is 0.396 e. The number of hydrogen-bond donors (Lipinski definition) is 2. The fourth-order valence-corrected chi connectivity index (χ4v) is 1.68. The Labute approximate surface area is 111 Å². The molecule has 0 saturated heterocycles.